The summed E-state index contributed by atoms with van der Waals surface area (Å²) < 4.78 is 0. The van der Waals surface area contributed by atoms with Crippen molar-refractivity contribution < 1.29 is 4.79 Å². The lowest BCUT2D eigenvalue weighted by Gasteiger charge is -2.22. The largest absolute Gasteiger partial charge is 0.350 e. The number of benzene rings is 1. The van der Waals surface area contributed by atoms with Crippen molar-refractivity contribution in [1.29, 1.82) is 0 Å². The molecule has 0 saturated carbocycles. The van der Waals surface area contributed by atoms with Crippen LogP contribution in [0.5, 0.6) is 0 Å². The van der Waals surface area contributed by atoms with E-state index in [0.29, 0.717) is 12.3 Å². The Morgan fingerprint density at radius 3 is 2.62 bits per heavy atom. The number of hydrogen-bond acceptors (Lipinski definition) is 3. The molecule has 2 rings (SSSR count). The van der Waals surface area contributed by atoms with E-state index in [1.54, 1.807) is 11.8 Å². The lowest BCUT2D eigenvalue weighted by molar-refractivity contribution is -0.122. The first-order valence-corrected chi connectivity index (χ1v) is 9.05. The highest BCUT2D eigenvalue weighted by Gasteiger charge is 2.15. The van der Waals surface area contributed by atoms with Gasteiger partial charge in [-0.05, 0) is 69.1 Å². The van der Waals surface area contributed by atoms with Crippen LogP contribution in [0, 0.1) is 5.92 Å². The number of piperidine rings is 1. The SMILES string of the molecule is CSc1ccc(C(C)NC(=O)CCC2CCNCC2)cc1. The van der Waals surface area contributed by atoms with Crippen molar-refractivity contribution >= 4 is 17.7 Å². The molecule has 0 radical (unpaired) electrons. The van der Waals surface area contributed by atoms with Gasteiger partial charge in [-0.3, -0.25) is 4.79 Å². The van der Waals surface area contributed by atoms with E-state index in [9.17, 15) is 4.79 Å². The molecule has 1 aromatic rings. The van der Waals surface area contributed by atoms with Gasteiger partial charge >= 0.3 is 0 Å². The van der Waals surface area contributed by atoms with Gasteiger partial charge < -0.3 is 10.6 Å². The second-order valence-electron chi connectivity index (χ2n) is 5.79. The maximum atomic E-state index is 12.1. The van der Waals surface area contributed by atoms with Crippen molar-refractivity contribution in [3.05, 3.63) is 29.8 Å². The molecule has 1 aliphatic rings. The number of amides is 1. The molecule has 1 atom stereocenters. The first kappa shape index (κ1) is 16.4. The molecule has 1 amide bonds. The van der Waals surface area contributed by atoms with Gasteiger partial charge in [0.1, 0.15) is 0 Å². The van der Waals surface area contributed by atoms with E-state index in [4.69, 9.17) is 0 Å². The zero-order valence-electron chi connectivity index (χ0n) is 13.0. The summed E-state index contributed by atoms with van der Waals surface area (Å²) in [5.41, 5.74) is 1.17. The fraction of sp³-hybridized carbons (Fsp3) is 0.588. The molecule has 1 fully saturated rings. The normalized spacial score (nSPS) is 17.4. The van der Waals surface area contributed by atoms with Crippen LogP contribution in [0.4, 0.5) is 0 Å². The molecule has 4 heteroatoms. The lowest BCUT2D eigenvalue weighted by Crippen LogP contribution is -2.30. The molecule has 0 spiro atoms. The summed E-state index contributed by atoms with van der Waals surface area (Å²) in [5, 5.41) is 6.47. The van der Waals surface area contributed by atoms with E-state index >= 15 is 0 Å². The fourth-order valence-corrected chi connectivity index (χ4v) is 3.20. The van der Waals surface area contributed by atoms with E-state index in [-0.39, 0.29) is 11.9 Å². The Morgan fingerprint density at radius 1 is 1.33 bits per heavy atom. The molecule has 116 valence electrons. The maximum Gasteiger partial charge on any atom is 0.220 e. The van der Waals surface area contributed by atoms with Crippen LogP contribution in [-0.4, -0.2) is 25.3 Å². The smallest absolute Gasteiger partial charge is 0.220 e. The van der Waals surface area contributed by atoms with Crippen LogP contribution in [0.2, 0.25) is 0 Å². The molecule has 1 saturated heterocycles. The van der Waals surface area contributed by atoms with Crippen LogP contribution in [0.3, 0.4) is 0 Å². The number of carbonyl (C=O) groups excluding carboxylic acids is 1. The van der Waals surface area contributed by atoms with Gasteiger partial charge in [-0.1, -0.05) is 12.1 Å². The summed E-state index contributed by atoms with van der Waals surface area (Å²) in [6, 6.07) is 8.50. The summed E-state index contributed by atoms with van der Waals surface area (Å²) >= 11 is 1.73. The predicted octanol–water partition coefficient (Wildman–Crippen LogP) is 3.37. The first-order valence-electron chi connectivity index (χ1n) is 7.83. The molecule has 2 N–H and O–H groups in total. The second kappa shape index (κ2) is 8.44. The van der Waals surface area contributed by atoms with Crippen LogP contribution in [-0.2, 0) is 4.79 Å². The van der Waals surface area contributed by atoms with E-state index in [1.165, 1.54) is 23.3 Å². The fourth-order valence-electron chi connectivity index (χ4n) is 2.80. The minimum Gasteiger partial charge on any atom is -0.350 e. The van der Waals surface area contributed by atoms with Gasteiger partial charge in [-0.2, -0.15) is 0 Å². The summed E-state index contributed by atoms with van der Waals surface area (Å²) in [4.78, 5) is 13.3. The molecular weight excluding hydrogens is 280 g/mol. The Balaban J connectivity index is 1.75. The Bertz CT molecular complexity index is 441. The summed E-state index contributed by atoms with van der Waals surface area (Å²) in [6.07, 6.45) is 6.16. The van der Waals surface area contributed by atoms with Gasteiger partial charge in [-0.25, -0.2) is 0 Å². The van der Waals surface area contributed by atoms with Crippen LogP contribution < -0.4 is 10.6 Å². The number of nitrogens with one attached hydrogen (secondary N) is 2. The summed E-state index contributed by atoms with van der Waals surface area (Å²) in [5.74, 6) is 0.892. The third-order valence-electron chi connectivity index (χ3n) is 4.23. The minimum absolute atomic E-state index is 0.0847. The number of carbonyl (C=O) groups is 1. The second-order valence-corrected chi connectivity index (χ2v) is 6.67. The number of hydrogen-bond donors (Lipinski definition) is 2. The highest BCUT2D eigenvalue weighted by molar-refractivity contribution is 7.98. The minimum atomic E-state index is 0.0847. The van der Waals surface area contributed by atoms with Crippen molar-refractivity contribution in [2.24, 2.45) is 5.92 Å². The quantitative estimate of drug-likeness (QED) is 0.792. The summed E-state index contributed by atoms with van der Waals surface area (Å²) in [7, 11) is 0. The highest BCUT2D eigenvalue weighted by Crippen LogP contribution is 2.20. The molecule has 0 aromatic heterocycles. The number of thioether (sulfide) groups is 1. The topological polar surface area (TPSA) is 41.1 Å². The van der Waals surface area contributed by atoms with Gasteiger partial charge in [0, 0.05) is 11.3 Å². The van der Waals surface area contributed by atoms with Crippen LogP contribution in [0.1, 0.15) is 44.2 Å². The van der Waals surface area contributed by atoms with Crippen LogP contribution in [0.25, 0.3) is 0 Å². The average molecular weight is 306 g/mol. The maximum absolute atomic E-state index is 12.1. The van der Waals surface area contributed by atoms with E-state index in [0.717, 1.165) is 19.5 Å². The van der Waals surface area contributed by atoms with E-state index in [2.05, 4.69) is 48.1 Å². The predicted molar refractivity (Wildman–Crippen MR) is 89.6 cm³/mol. The van der Waals surface area contributed by atoms with Crippen molar-refractivity contribution in [2.75, 3.05) is 19.3 Å². The van der Waals surface area contributed by atoms with Gasteiger partial charge in [0.25, 0.3) is 0 Å². The third-order valence-corrected chi connectivity index (χ3v) is 4.98. The van der Waals surface area contributed by atoms with Crippen LogP contribution >= 0.6 is 11.8 Å². The van der Waals surface area contributed by atoms with Gasteiger partial charge in [0.05, 0.1) is 6.04 Å². The molecule has 0 aliphatic carbocycles. The number of rotatable bonds is 6. The van der Waals surface area contributed by atoms with Gasteiger partial charge in [-0.15, -0.1) is 11.8 Å². The van der Waals surface area contributed by atoms with E-state index < -0.39 is 0 Å². The van der Waals surface area contributed by atoms with Gasteiger partial charge in [0.2, 0.25) is 5.91 Å². The van der Waals surface area contributed by atoms with E-state index in [1.807, 2.05) is 0 Å². The Labute approximate surface area is 132 Å². The Kier molecular flexibility index (Phi) is 6.58. The molecule has 3 nitrogen and oxygen atoms in total. The van der Waals surface area contributed by atoms with Crippen LogP contribution in [0.15, 0.2) is 29.2 Å². The van der Waals surface area contributed by atoms with Crippen molar-refractivity contribution in [2.45, 2.75) is 43.5 Å². The molecular formula is C17H26N2OS. The van der Waals surface area contributed by atoms with Crippen molar-refractivity contribution in [3.8, 4) is 0 Å². The molecule has 1 heterocycles. The molecule has 1 aliphatic heterocycles. The Hall–Kier alpha value is -1.00. The van der Waals surface area contributed by atoms with Crippen molar-refractivity contribution in [1.82, 2.24) is 10.6 Å². The molecule has 0 bridgehead atoms. The zero-order chi connectivity index (χ0) is 15.1. The Morgan fingerprint density at radius 2 is 2.00 bits per heavy atom. The lowest BCUT2D eigenvalue weighted by atomic mass is 9.93. The first-order chi connectivity index (χ1) is 10.2. The zero-order valence-corrected chi connectivity index (χ0v) is 13.8. The monoisotopic (exact) mass is 306 g/mol. The molecule has 1 aromatic carbocycles. The third kappa shape index (κ3) is 5.36. The average Bonchev–Trinajstić information content (AvgIpc) is 2.54. The highest BCUT2D eigenvalue weighted by atomic mass is 32.2. The summed E-state index contributed by atoms with van der Waals surface area (Å²) in [6.45, 7) is 4.26. The molecule has 21 heavy (non-hydrogen) atoms. The molecule has 1 unspecified atom stereocenters. The standard InChI is InChI=1S/C17H26N2OS/c1-13(15-4-6-16(21-2)7-5-15)19-17(20)8-3-14-9-11-18-12-10-14/h4-7,13-14,18H,3,8-12H2,1-2H3,(H,19,20). The van der Waals surface area contributed by atoms with Gasteiger partial charge in [0.15, 0.2) is 0 Å². The van der Waals surface area contributed by atoms with Crippen molar-refractivity contribution in [3.63, 3.8) is 0 Å².